The molecule has 1 aliphatic rings. The number of carbonyl (C=O) groups excluding carboxylic acids is 3. The van der Waals surface area contributed by atoms with Crippen molar-refractivity contribution in [2.24, 2.45) is 5.73 Å². The number of rotatable bonds is 4. The van der Waals surface area contributed by atoms with Crippen molar-refractivity contribution in [2.45, 2.75) is 19.1 Å². The zero-order valence-electron chi connectivity index (χ0n) is 14.1. The molecule has 0 spiro atoms. The van der Waals surface area contributed by atoms with Crippen LogP contribution in [-0.4, -0.2) is 30.4 Å². The van der Waals surface area contributed by atoms with Crippen LogP contribution in [0.25, 0.3) is 0 Å². The first kappa shape index (κ1) is 17.5. The number of hydrogen-bond acceptors (Lipinski definition) is 5. The lowest BCUT2D eigenvalue weighted by Gasteiger charge is -2.33. The van der Waals surface area contributed by atoms with Crippen molar-refractivity contribution in [1.29, 1.82) is 0 Å². The predicted octanol–water partition coefficient (Wildman–Crippen LogP) is 1.57. The summed E-state index contributed by atoms with van der Waals surface area (Å²) in [4.78, 5) is 37.7. The molecule has 2 atom stereocenters. The summed E-state index contributed by atoms with van der Waals surface area (Å²) >= 11 is 0. The van der Waals surface area contributed by atoms with Gasteiger partial charge >= 0.3 is 5.97 Å². The Kier molecular flexibility index (Phi) is 4.88. The van der Waals surface area contributed by atoms with Gasteiger partial charge in [-0.3, -0.25) is 9.59 Å². The second kappa shape index (κ2) is 7.26. The number of fused-ring (bicyclic) bond motifs is 1. The summed E-state index contributed by atoms with van der Waals surface area (Å²) in [5.74, 6) is -1.39. The second-order valence-corrected chi connectivity index (χ2v) is 5.83. The highest BCUT2D eigenvalue weighted by Gasteiger charge is 2.35. The molecule has 134 valence electrons. The Morgan fingerprint density at radius 1 is 1.12 bits per heavy atom. The van der Waals surface area contributed by atoms with Gasteiger partial charge in [-0.15, -0.1) is 0 Å². The molecule has 0 aliphatic carbocycles. The summed E-state index contributed by atoms with van der Waals surface area (Å²) in [6.45, 7) is 1.39. The summed E-state index contributed by atoms with van der Waals surface area (Å²) < 4.78 is 11.0. The Morgan fingerprint density at radius 3 is 2.42 bits per heavy atom. The van der Waals surface area contributed by atoms with E-state index in [1.165, 1.54) is 11.8 Å². The number of anilines is 1. The van der Waals surface area contributed by atoms with E-state index in [0.717, 1.165) is 0 Å². The maximum Gasteiger partial charge on any atom is 0.350 e. The van der Waals surface area contributed by atoms with E-state index in [0.29, 0.717) is 17.0 Å². The lowest BCUT2D eigenvalue weighted by molar-refractivity contribution is -0.162. The van der Waals surface area contributed by atoms with Crippen LogP contribution in [0.2, 0.25) is 0 Å². The number of amides is 2. The number of para-hydroxylation sites is 2. The van der Waals surface area contributed by atoms with Crippen LogP contribution in [-0.2, 0) is 19.1 Å². The highest BCUT2D eigenvalue weighted by Crippen LogP contribution is 2.33. The van der Waals surface area contributed by atoms with E-state index in [2.05, 4.69) is 0 Å². The first-order valence-corrected chi connectivity index (χ1v) is 8.06. The highest BCUT2D eigenvalue weighted by atomic mass is 16.6. The molecule has 2 aromatic rings. The Morgan fingerprint density at radius 2 is 1.77 bits per heavy atom. The van der Waals surface area contributed by atoms with Crippen LogP contribution >= 0.6 is 0 Å². The first-order valence-electron chi connectivity index (χ1n) is 8.06. The van der Waals surface area contributed by atoms with Crippen molar-refractivity contribution < 1.29 is 23.9 Å². The highest BCUT2D eigenvalue weighted by molar-refractivity contribution is 5.95. The van der Waals surface area contributed by atoms with Crippen LogP contribution in [0.3, 0.4) is 0 Å². The van der Waals surface area contributed by atoms with Gasteiger partial charge in [-0.1, -0.05) is 42.5 Å². The van der Waals surface area contributed by atoms with Crippen molar-refractivity contribution in [1.82, 2.24) is 0 Å². The van der Waals surface area contributed by atoms with Crippen LogP contribution < -0.4 is 15.4 Å². The third kappa shape index (κ3) is 3.51. The Labute approximate surface area is 150 Å². The zero-order valence-corrected chi connectivity index (χ0v) is 14.1. The molecule has 0 aromatic heterocycles. The van der Waals surface area contributed by atoms with Crippen molar-refractivity contribution in [3.8, 4) is 5.75 Å². The zero-order chi connectivity index (χ0) is 18.7. The molecule has 0 saturated carbocycles. The molecule has 0 unspecified atom stereocenters. The van der Waals surface area contributed by atoms with E-state index >= 15 is 0 Å². The summed E-state index contributed by atoms with van der Waals surface area (Å²) in [5, 5.41) is 0. The summed E-state index contributed by atoms with van der Waals surface area (Å²) in [6, 6.07) is 15.4. The van der Waals surface area contributed by atoms with Gasteiger partial charge in [0.1, 0.15) is 5.75 Å². The largest absolute Gasteiger partial charge is 0.475 e. The van der Waals surface area contributed by atoms with Crippen LogP contribution in [0, 0.1) is 0 Å². The fourth-order valence-corrected chi connectivity index (χ4v) is 2.77. The molecule has 2 N–H and O–H groups in total. The van der Waals surface area contributed by atoms with Gasteiger partial charge in [-0.25, -0.2) is 4.79 Å². The van der Waals surface area contributed by atoms with Crippen molar-refractivity contribution in [3.63, 3.8) is 0 Å². The number of hydrogen-bond donors (Lipinski definition) is 1. The minimum absolute atomic E-state index is 0.00848. The molecule has 1 aliphatic heterocycles. The third-order valence-corrected chi connectivity index (χ3v) is 4.01. The van der Waals surface area contributed by atoms with Gasteiger partial charge < -0.3 is 20.1 Å². The van der Waals surface area contributed by atoms with E-state index in [9.17, 15) is 14.4 Å². The number of benzene rings is 2. The predicted molar refractivity (Wildman–Crippen MR) is 93.4 cm³/mol. The lowest BCUT2D eigenvalue weighted by Crippen LogP contribution is -2.47. The van der Waals surface area contributed by atoms with Gasteiger partial charge in [-0.2, -0.15) is 0 Å². The fraction of sp³-hybridized carbons (Fsp3) is 0.211. The summed E-state index contributed by atoms with van der Waals surface area (Å²) in [6.07, 6.45) is -2.28. The van der Waals surface area contributed by atoms with Crippen molar-refractivity contribution in [2.75, 3.05) is 11.4 Å². The van der Waals surface area contributed by atoms with E-state index in [1.807, 2.05) is 0 Å². The van der Waals surface area contributed by atoms with E-state index in [-0.39, 0.29) is 12.5 Å². The second-order valence-electron chi connectivity index (χ2n) is 5.83. The quantitative estimate of drug-likeness (QED) is 0.840. The number of ether oxygens (including phenoxy) is 2. The topological polar surface area (TPSA) is 98.9 Å². The van der Waals surface area contributed by atoms with E-state index in [4.69, 9.17) is 15.2 Å². The number of nitrogens with zero attached hydrogens (tertiary/aromatic N) is 1. The normalized spacial score (nSPS) is 16.8. The number of nitrogens with two attached hydrogens (primary N) is 1. The van der Waals surface area contributed by atoms with Gasteiger partial charge in [0.2, 0.25) is 18.1 Å². The molecule has 2 amide bonds. The van der Waals surface area contributed by atoms with Gasteiger partial charge in [0.05, 0.1) is 12.2 Å². The van der Waals surface area contributed by atoms with Crippen molar-refractivity contribution in [3.05, 3.63) is 60.2 Å². The van der Waals surface area contributed by atoms with Gasteiger partial charge in [0.15, 0.2) is 0 Å². The van der Waals surface area contributed by atoms with Crippen LogP contribution in [0.1, 0.15) is 18.6 Å². The van der Waals surface area contributed by atoms with Gasteiger partial charge in [-0.05, 0) is 12.1 Å². The van der Waals surface area contributed by atoms with Crippen LogP contribution in [0.15, 0.2) is 54.6 Å². The molecular formula is C19H18N2O5. The fourth-order valence-electron chi connectivity index (χ4n) is 2.77. The molecule has 0 fully saturated rings. The molecular weight excluding hydrogens is 336 g/mol. The smallest absolute Gasteiger partial charge is 0.350 e. The standard InChI is InChI=1S/C19H18N2O5/c1-12(22)21-11-16(25-15-10-6-5-9-14(15)21)19(24)26-17(18(20)23)13-7-3-2-4-8-13/h2-10,16-17H,11H2,1H3,(H2,20,23)/t16-,17+/m0/s1. The van der Waals surface area contributed by atoms with Gasteiger partial charge in [0, 0.05) is 12.5 Å². The van der Waals surface area contributed by atoms with Crippen molar-refractivity contribution >= 4 is 23.5 Å². The molecule has 0 saturated heterocycles. The lowest BCUT2D eigenvalue weighted by atomic mass is 10.1. The Hall–Kier alpha value is -3.35. The summed E-state index contributed by atoms with van der Waals surface area (Å²) in [7, 11) is 0. The molecule has 7 heteroatoms. The molecule has 0 radical (unpaired) electrons. The van der Waals surface area contributed by atoms with Crippen LogP contribution in [0.4, 0.5) is 5.69 Å². The monoisotopic (exact) mass is 354 g/mol. The number of primary amides is 1. The number of esters is 1. The average Bonchev–Trinajstić information content (AvgIpc) is 2.65. The minimum Gasteiger partial charge on any atom is -0.475 e. The maximum absolute atomic E-state index is 12.6. The molecule has 1 heterocycles. The molecule has 2 aromatic carbocycles. The average molecular weight is 354 g/mol. The van der Waals surface area contributed by atoms with E-state index in [1.54, 1.807) is 54.6 Å². The van der Waals surface area contributed by atoms with E-state index < -0.39 is 24.1 Å². The van der Waals surface area contributed by atoms with Crippen LogP contribution in [0.5, 0.6) is 5.75 Å². The first-order chi connectivity index (χ1) is 12.5. The van der Waals surface area contributed by atoms with Gasteiger partial charge in [0.25, 0.3) is 5.91 Å². The Bertz CT molecular complexity index is 837. The minimum atomic E-state index is -1.23. The Balaban J connectivity index is 1.81. The summed E-state index contributed by atoms with van der Waals surface area (Å²) in [5.41, 5.74) is 6.42. The molecule has 26 heavy (non-hydrogen) atoms. The third-order valence-electron chi connectivity index (χ3n) is 4.01. The number of carbonyl (C=O) groups is 3. The maximum atomic E-state index is 12.6. The molecule has 7 nitrogen and oxygen atoms in total. The molecule has 3 rings (SSSR count). The molecule has 0 bridgehead atoms. The SMILES string of the molecule is CC(=O)N1C[C@@H](C(=O)O[C@@H](C(N)=O)c2ccccc2)Oc2ccccc21.